The number of nitriles is 1. The van der Waals surface area contributed by atoms with Crippen LogP contribution in [0.15, 0.2) is 10.9 Å². The molecule has 0 atom stereocenters. The molecule has 0 radical (unpaired) electrons. The summed E-state index contributed by atoms with van der Waals surface area (Å²) < 4.78 is 1.67. The summed E-state index contributed by atoms with van der Waals surface area (Å²) in [6.07, 6.45) is 6.36. The molecule has 1 aliphatic rings. The lowest BCUT2D eigenvalue weighted by Gasteiger charge is -2.20. The van der Waals surface area contributed by atoms with Crippen molar-refractivity contribution in [3.63, 3.8) is 0 Å². The number of rotatable bonds is 5. The summed E-state index contributed by atoms with van der Waals surface area (Å²) in [6, 6.07) is 3.41. The number of ketones is 1. The van der Waals surface area contributed by atoms with Crippen LogP contribution < -0.4 is 5.56 Å². The molecule has 0 saturated carbocycles. The smallest absolute Gasteiger partial charge is 0.268 e. The third-order valence-corrected chi connectivity index (χ3v) is 3.87. The van der Waals surface area contributed by atoms with Gasteiger partial charge in [0.15, 0.2) is 5.78 Å². The molecule has 0 saturated heterocycles. The van der Waals surface area contributed by atoms with Crippen LogP contribution in [0.4, 0.5) is 0 Å². The van der Waals surface area contributed by atoms with Crippen molar-refractivity contribution in [1.29, 1.82) is 5.26 Å². The standard InChI is InChI=1S/C16H20N2O2/c1-2-3-4-5-9-18-14-7-6-8-15(19)13(14)10-12(11-17)16(18)20/h10H,2-9H2,1H3. The molecule has 4 nitrogen and oxygen atoms in total. The minimum absolute atomic E-state index is 0.0602. The monoisotopic (exact) mass is 272 g/mol. The van der Waals surface area contributed by atoms with Crippen molar-refractivity contribution in [2.24, 2.45) is 0 Å². The minimum atomic E-state index is -0.238. The van der Waals surface area contributed by atoms with Crippen molar-refractivity contribution in [2.45, 2.75) is 58.4 Å². The van der Waals surface area contributed by atoms with Gasteiger partial charge in [0.1, 0.15) is 11.6 Å². The van der Waals surface area contributed by atoms with E-state index in [2.05, 4.69) is 6.92 Å². The molecule has 1 aliphatic carbocycles. The Hall–Kier alpha value is -1.89. The van der Waals surface area contributed by atoms with Crippen molar-refractivity contribution in [1.82, 2.24) is 4.57 Å². The molecule has 0 aliphatic heterocycles. The van der Waals surface area contributed by atoms with Crippen LogP contribution >= 0.6 is 0 Å². The van der Waals surface area contributed by atoms with E-state index in [0.29, 0.717) is 18.5 Å². The summed E-state index contributed by atoms with van der Waals surface area (Å²) in [6.45, 7) is 2.76. The van der Waals surface area contributed by atoms with Gasteiger partial charge in [0.05, 0.1) is 0 Å². The van der Waals surface area contributed by atoms with E-state index in [9.17, 15) is 9.59 Å². The van der Waals surface area contributed by atoms with Crippen LogP contribution in [0.1, 0.15) is 67.1 Å². The second-order valence-electron chi connectivity index (χ2n) is 5.32. The van der Waals surface area contributed by atoms with Gasteiger partial charge in [0.25, 0.3) is 5.56 Å². The summed E-state index contributed by atoms with van der Waals surface area (Å²) in [5.41, 5.74) is 1.27. The number of pyridine rings is 1. The summed E-state index contributed by atoms with van der Waals surface area (Å²) in [5.74, 6) is 0.0602. The van der Waals surface area contributed by atoms with E-state index < -0.39 is 0 Å². The molecular weight excluding hydrogens is 252 g/mol. The van der Waals surface area contributed by atoms with Gasteiger partial charge in [-0.05, 0) is 25.3 Å². The van der Waals surface area contributed by atoms with E-state index in [1.165, 1.54) is 6.07 Å². The number of carbonyl (C=O) groups is 1. The van der Waals surface area contributed by atoms with Gasteiger partial charge in [-0.15, -0.1) is 0 Å². The first-order valence-corrected chi connectivity index (χ1v) is 7.39. The number of hydrogen-bond donors (Lipinski definition) is 0. The predicted octanol–water partition coefficient (Wildman–Crippen LogP) is 2.82. The number of unbranched alkanes of at least 4 members (excludes halogenated alkanes) is 3. The molecule has 0 amide bonds. The normalized spacial score (nSPS) is 13.9. The molecule has 4 heteroatoms. The van der Waals surface area contributed by atoms with E-state index >= 15 is 0 Å². The molecule has 106 valence electrons. The van der Waals surface area contributed by atoms with Gasteiger partial charge in [0, 0.05) is 24.2 Å². The third kappa shape index (κ3) is 2.82. The second-order valence-corrected chi connectivity index (χ2v) is 5.32. The van der Waals surface area contributed by atoms with Crippen LogP contribution in [0.3, 0.4) is 0 Å². The molecule has 20 heavy (non-hydrogen) atoms. The summed E-state index contributed by atoms with van der Waals surface area (Å²) >= 11 is 0. The maximum Gasteiger partial charge on any atom is 0.268 e. The fourth-order valence-electron chi connectivity index (χ4n) is 2.78. The van der Waals surface area contributed by atoms with E-state index in [4.69, 9.17) is 5.26 Å². The van der Waals surface area contributed by atoms with Crippen molar-refractivity contribution in [3.05, 3.63) is 33.2 Å². The highest BCUT2D eigenvalue weighted by molar-refractivity contribution is 5.98. The fraction of sp³-hybridized carbons (Fsp3) is 0.562. The zero-order valence-electron chi connectivity index (χ0n) is 11.9. The van der Waals surface area contributed by atoms with Gasteiger partial charge in [-0.3, -0.25) is 9.59 Å². The molecule has 0 unspecified atom stereocenters. The average Bonchev–Trinajstić information content (AvgIpc) is 2.45. The molecule has 0 fully saturated rings. The van der Waals surface area contributed by atoms with Crippen molar-refractivity contribution in [2.75, 3.05) is 0 Å². The Morgan fingerprint density at radius 1 is 1.25 bits per heavy atom. The van der Waals surface area contributed by atoms with Crippen LogP contribution in [0.2, 0.25) is 0 Å². The lowest BCUT2D eigenvalue weighted by Crippen LogP contribution is -2.30. The third-order valence-electron chi connectivity index (χ3n) is 3.87. The molecule has 1 aromatic heterocycles. The molecule has 0 aromatic carbocycles. The Balaban J connectivity index is 2.38. The Labute approximate surface area is 119 Å². The minimum Gasteiger partial charge on any atom is -0.311 e. The Bertz CT molecular complexity index is 608. The Morgan fingerprint density at radius 3 is 2.75 bits per heavy atom. The van der Waals surface area contributed by atoms with Crippen molar-refractivity contribution >= 4 is 5.78 Å². The molecule has 1 heterocycles. The van der Waals surface area contributed by atoms with E-state index in [1.54, 1.807) is 4.57 Å². The topological polar surface area (TPSA) is 62.9 Å². The molecule has 1 aromatic rings. The van der Waals surface area contributed by atoms with Gasteiger partial charge in [-0.25, -0.2) is 0 Å². The number of carbonyl (C=O) groups excluding carboxylic acids is 1. The van der Waals surface area contributed by atoms with Gasteiger partial charge in [-0.2, -0.15) is 5.26 Å². The molecular formula is C16H20N2O2. The second kappa shape index (κ2) is 6.51. The summed E-state index contributed by atoms with van der Waals surface area (Å²) in [5, 5.41) is 9.07. The van der Waals surface area contributed by atoms with E-state index in [-0.39, 0.29) is 16.9 Å². The highest BCUT2D eigenvalue weighted by Gasteiger charge is 2.22. The Kier molecular flexibility index (Phi) is 4.73. The van der Waals surface area contributed by atoms with E-state index in [0.717, 1.165) is 44.2 Å². The number of aromatic nitrogens is 1. The van der Waals surface area contributed by atoms with Gasteiger partial charge in [-0.1, -0.05) is 26.2 Å². The SMILES string of the molecule is CCCCCCn1c2c(cc(C#N)c1=O)C(=O)CCC2. The van der Waals surface area contributed by atoms with Gasteiger partial charge >= 0.3 is 0 Å². The quantitative estimate of drug-likeness (QED) is 0.774. The number of nitrogens with zero attached hydrogens (tertiary/aromatic N) is 2. The lowest BCUT2D eigenvalue weighted by atomic mass is 9.93. The zero-order chi connectivity index (χ0) is 14.5. The highest BCUT2D eigenvalue weighted by Crippen LogP contribution is 2.21. The maximum atomic E-state index is 12.3. The first kappa shape index (κ1) is 14.5. The van der Waals surface area contributed by atoms with Gasteiger partial charge < -0.3 is 4.57 Å². The van der Waals surface area contributed by atoms with Crippen molar-refractivity contribution in [3.8, 4) is 6.07 Å². The highest BCUT2D eigenvalue weighted by atomic mass is 16.1. The Morgan fingerprint density at radius 2 is 2.05 bits per heavy atom. The molecule has 0 bridgehead atoms. The van der Waals surface area contributed by atoms with Crippen LogP contribution in [0.5, 0.6) is 0 Å². The van der Waals surface area contributed by atoms with Crippen LogP contribution in [-0.2, 0) is 13.0 Å². The molecule has 2 rings (SSSR count). The van der Waals surface area contributed by atoms with Crippen LogP contribution in [0, 0.1) is 11.3 Å². The largest absolute Gasteiger partial charge is 0.311 e. The zero-order valence-corrected chi connectivity index (χ0v) is 11.9. The first-order chi connectivity index (χ1) is 9.69. The van der Waals surface area contributed by atoms with E-state index in [1.807, 2.05) is 6.07 Å². The first-order valence-electron chi connectivity index (χ1n) is 7.39. The molecule has 0 spiro atoms. The summed E-state index contributed by atoms with van der Waals surface area (Å²) in [4.78, 5) is 24.2. The lowest BCUT2D eigenvalue weighted by molar-refractivity contribution is 0.0970. The van der Waals surface area contributed by atoms with Gasteiger partial charge in [0.2, 0.25) is 0 Å². The maximum absolute atomic E-state index is 12.3. The van der Waals surface area contributed by atoms with Crippen molar-refractivity contribution < 1.29 is 4.79 Å². The van der Waals surface area contributed by atoms with Crippen LogP contribution in [-0.4, -0.2) is 10.4 Å². The number of hydrogen-bond acceptors (Lipinski definition) is 3. The number of Topliss-reactive ketones (excluding diaryl/α,β-unsaturated/α-hetero) is 1. The molecule has 0 N–H and O–H groups in total. The fourth-order valence-corrected chi connectivity index (χ4v) is 2.78. The predicted molar refractivity (Wildman–Crippen MR) is 76.8 cm³/mol. The summed E-state index contributed by atoms with van der Waals surface area (Å²) in [7, 11) is 0. The van der Waals surface area contributed by atoms with Crippen LogP contribution in [0.25, 0.3) is 0 Å². The number of fused-ring (bicyclic) bond motifs is 1. The average molecular weight is 272 g/mol.